The molecule has 6 aromatic heterocycles. The molecule has 0 aliphatic carbocycles. The Morgan fingerprint density at radius 1 is 0.305 bits per heavy atom. The van der Waals surface area contributed by atoms with E-state index < -0.39 is 0 Å². The summed E-state index contributed by atoms with van der Waals surface area (Å²) in [5, 5.41) is 25.4. The molecule has 0 amide bonds. The number of benzene rings is 12. The fourth-order valence-corrected chi connectivity index (χ4v) is 15.0. The molecule has 18 aromatic rings. The van der Waals surface area contributed by atoms with Crippen molar-refractivity contribution in [3.8, 4) is 34.5 Å². The first-order chi connectivity index (χ1) is 40.6. The van der Waals surface area contributed by atoms with Crippen molar-refractivity contribution in [1.82, 2.24) is 22.8 Å². The standard InChI is InChI=1S/C74H41N7S/c1-76-60-41-68(80-66-35-31-47(78-63-27-13-7-21-50(63)51-22-8-14-28-64(51)78)39-57(66)58-40-59-53-24-10-16-30-71(53)82-72(59)42-69(58)80)44(43-75)37-70(60)81-67-36-32-46(77-61-25-11-5-19-48(61)49-20-6-12-26-62(49)77)38-56(67)55-34-33-54-52-23-9-15-29-65(52)79(73(54)74(55)81)45-17-3-2-4-18-45/h2-42H. The van der Waals surface area contributed by atoms with Gasteiger partial charge in [-0.1, -0.05) is 140 Å². The number of nitriles is 1. The van der Waals surface area contributed by atoms with E-state index in [0.29, 0.717) is 22.6 Å². The summed E-state index contributed by atoms with van der Waals surface area (Å²) >= 11 is 1.78. The molecule has 6 heterocycles. The van der Waals surface area contributed by atoms with Crippen LogP contribution < -0.4 is 0 Å². The molecule has 0 bridgehead atoms. The van der Waals surface area contributed by atoms with Gasteiger partial charge in [-0.05, 0) is 109 Å². The molecule has 0 saturated heterocycles. The molecule has 378 valence electrons. The molecule has 0 N–H and O–H groups in total. The fraction of sp³-hybridized carbons (Fsp3) is 0. The van der Waals surface area contributed by atoms with Crippen LogP contribution in [-0.4, -0.2) is 22.8 Å². The van der Waals surface area contributed by atoms with Crippen LogP contribution in [0.5, 0.6) is 0 Å². The first kappa shape index (κ1) is 44.8. The highest BCUT2D eigenvalue weighted by molar-refractivity contribution is 7.25. The monoisotopic (exact) mass is 1060 g/mol. The van der Waals surface area contributed by atoms with Crippen molar-refractivity contribution in [2.75, 3.05) is 0 Å². The van der Waals surface area contributed by atoms with E-state index >= 15 is 0 Å². The molecule has 0 unspecified atom stereocenters. The van der Waals surface area contributed by atoms with Crippen LogP contribution >= 0.6 is 11.3 Å². The minimum absolute atomic E-state index is 0.429. The van der Waals surface area contributed by atoms with E-state index in [9.17, 15) is 11.8 Å². The summed E-state index contributed by atoms with van der Waals surface area (Å²) in [4.78, 5) is 4.45. The molecule has 0 radical (unpaired) electrons. The van der Waals surface area contributed by atoms with Gasteiger partial charge in [0, 0.05) is 91.1 Å². The third kappa shape index (κ3) is 6.00. The zero-order valence-electron chi connectivity index (χ0n) is 43.7. The highest BCUT2D eigenvalue weighted by atomic mass is 32.1. The Morgan fingerprint density at radius 2 is 0.756 bits per heavy atom. The largest absolute Gasteiger partial charge is 0.317 e. The topological polar surface area (TPSA) is 52.8 Å². The maximum absolute atomic E-state index is 11.7. The molecule has 0 fully saturated rings. The van der Waals surface area contributed by atoms with Crippen LogP contribution in [0.25, 0.3) is 162 Å². The minimum Gasteiger partial charge on any atom is -0.317 e. The summed E-state index contributed by atoms with van der Waals surface area (Å²) in [6, 6.07) is 91.5. The van der Waals surface area contributed by atoms with E-state index in [1.54, 1.807) is 11.3 Å². The molecule has 12 aromatic carbocycles. The molecule has 18 rings (SSSR count). The molecule has 7 nitrogen and oxygen atoms in total. The summed E-state index contributed by atoms with van der Waals surface area (Å²) in [6.45, 7) is 9.21. The maximum atomic E-state index is 11.7. The molecule has 82 heavy (non-hydrogen) atoms. The van der Waals surface area contributed by atoms with Crippen molar-refractivity contribution in [2.45, 2.75) is 0 Å². The highest BCUT2D eigenvalue weighted by Gasteiger charge is 2.27. The number of hydrogen-bond acceptors (Lipinski definition) is 2. The Hall–Kier alpha value is -11.2. The van der Waals surface area contributed by atoms with Gasteiger partial charge in [0.15, 0.2) is 0 Å². The number of rotatable bonds is 5. The van der Waals surface area contributed by atoms with E-state index in [-0.39, 0.29) is 0 Å². The Balaban J connectivity index is 0.939. The second kappa shape index (κ2) is 16.7. The first-order valence-electron chi connectivity index (χ1n) is 27.5. The van der Waals surface area contributed by atoms with Crippen LogP contribution in [0.2, 0.25) is 0 Å². The molecule has 0 aliphatic heterocycles. The van der Waals surface area contributed by atoms with Gasteiger partial charge in [-0.2, -0.15) is 5.26 Å². The number of hydrogen-bond donors (Lipinski definition) is 0. The van der Waals surface area contributed by atoms with Crippen LogP contribution in [-0.2, 0) is 0 Å². The van der Waals surface area contributed by atoms with E-state index in [1.165, 1.54) is 37.0 Å². The van der Waals surface area contributed by atoms with Crippen LogP contribution in [0.15, 0.2) is 249 Å². The Bertz CT molecular complexity index is 5820. The van der Waals surface area contributed by atoms with E-state index in [0.717, 1.165) is 109 Å². The highest BCUT2D eigenvalue weighted by Crippen LogP contribution is 2.47. The third-order valence-electron chi connectivity index (χ3n) is 17.3. The molecule has 8 heteroatoms. The van der Waals surface area contributed by atoms with E-state index in [4.69, 9.17) is 0 Å². The lowest BCUT2D eigenvalue weighted by atomic mass is 10.1. The fourth-order valence-electron chi connectivity index (χ4n) is 13.9. The van der Waals surface area contributed by atoms with Gasteiger partial charge in [-0.3, -0.25) is 0 Å². The summed E-state index contributed by atoms with van der Waals surface area (Å²) in [5.74, 6) is 0. The van der Waals surface area contributed by atoms with Gasteiger partial charge < -0.3 is 22.8 Å². The van der Waals surface area contributed by atoms with Crippen LogP contribution in [0, 0.1) is 17.9 Å². The van der Waals surface area contributed by atoms with Crippen molar-refractivity contribution >= 4 is 146 Å². The van der Waals surface area contributed by atoms with Crippen LogP contribution in [0.1, 0.15) is 5.56 Å². The summed E-state index contributed by atoms with van der Waals surface area (Å²) in [6.07, 6.45) is 0. The average molecular weight is 1060 g/mol. The summed E-state index contributed by atoms with van der Waals surface area (Å²) in [5.41, 5.74) is 15.7. The summed E-state index contributed by atoms with van der Waals surface area (Å²) in [7, 11) is 0. The van der Waals surface area contributed by atoms with Crippen molar-refractivity contribution in [1.29, 1.82) is 5.26 Å². The second-order valence-corrected chi connectivity index (χ2v) is 22.5. The Morgan fingerprint density at radius 3 is 1.33 bits per heavy atom. The number of nitrogens with zero attached hydrogens (tertiary/aromatic N) is 7. The smallest absolute Gasteiger partial charge is 0.212 e. The first-order valence-corrected chi connectivity index (χ1v) is 28.3. The molecular weight excluding hydrogens is 1020 g/mol. The molecule has 0 aliphatic rings. The lowest BCUT2D eigenvalue weighted by Crippen LogP contribution is -2.03. The van der Waals surface area contributed by atoms with Gasteiger partial charge in [0.1, 0.15) is 6.07 Å². The SMILES string of the molecule is [C-]#[N+]c1cc(-n2c3ccc(-n4c5ccccc5c5ccccc54)cc3c3cc4c(cc32)sc2ccccc24)c(C#N)cc1-n1c2ccc(-n3c4ccccc4c4ccccc43)cc2c2ccc3c4ccccc4n(-c4ccccc4)c3c21. The average Bonchev–Trinajstić information content (AvgIpc) is 3.04. The van der Waals surface area contributed by atoms with Crippen molar-refractivity contribution in [3.05, 3.63) is 266 Å². The second-order valence-electron chi connectivity index (χ2n) is 21.4. The minimum atomic E-state index is 0.429. The molecule has 0 saturated carbocycles. The van der Waals surface area contributed by atoms with Gasteiger partial charge in [-0.25, -0.2) is 4.85 Å². The number of thiophene rings is 1. The van der Waals surface area contributed by atoms with Crippen molar-refractivity contribution in [3.63, 3.8) is 0 Å². The van der Waals surface area contributed by atoms with Gasteiger partial charge in [0.2, 0.25) is 5.69 Å². The third-order valence-corrected chi connectivity index (χ3v) is 18.4. The van der Waals surface area contributed by atoms with E-state index in [1.807, 2.05) is 12.1 Å². The van der Waals surface area contributed by atoms with Gasteiger partial charge in [-0.15, -0.1) is 11.3 Å². The number of aromatic nitrogens is 5. The number of para-hydroxylation sites is 6. The number of fused-ring (bicyclic) bond motifs is 19. The lowest BCUT2D eigenvalue weighted by molar-refractivity contribution is 1.13. The van der Waals surface area contributed by atoms with Crippen LogP contribution in [0.3, 0.4) is 0 Å². The Labute approximate surface area is 471 Å². The van der Waals surface area contributed by atoms with Gasteiger partial charge >= 0.3 is 0 Å². The Kier molecular flexibility index (Phi) is 9.11. The molecule has 0 atom stereocenters. The normalized spacial score (nSPS) is 12.1. The van der Waals surface area contributed by atoms with Crippen molar-refractivity contribution < 1.29 is 0 Å². The maximum Gasteiger partial charge on any atom is 0.212 e. The lowest BCUT2D eigenvalue weighted by Gasteiger charge is -2.17. The van der Waals surface area contributed by atoms with Gasteiger partial charge in [0.25, 0.3) is 0 Å². The van der Waals surface area contributed by atoms with E-state index in [2.05, 4.69) is 270 Å². The molecule has 0 spiro atoms. The van der Waals surface area contributed by atoms with Crippen LogP contribution in [0.4, 0.5) is 5.69 Å². The zero-order valence-corrected chi connectivity index (χ0v) is 44.5. The summed E-state index contributed by atoms with van der Waals surface area (Å²) < 4.78 is 14.0. The quantitative estimate of drug-likeness (QED) is 0.158. The molecular formula is C74H41N7S. The predicted octanol–water partition coefficient (Wildman–Crippen LogP) is 20.0. The zero-order chi connectivity index (χ0) is 53.9. The van der Waals surface area contributed by atoms with Gasteiger partial charge in [0.05, 0.1) is 78.7 Å². The van der Waals surface area contributed by atoms with Crippen molar-refractivity contribution in [2.24, 2.45) is 0 Å². The predicted molar refractivity (Wildman–Crippen MR) is 342 cm³/mol.